The molecule has 0 bridgehead atoms. The van der Waals surface area contributed by atoms with E-state index in [4.69, 9.17) is 0 Å². The van der Waals surface area contributed by atoms with E-state index in [-0.39, 0.29) is 5.91 Å². The Balaban J connectivity index is 2.03. The van der Waals surface area contributed by atoms with Gasteiger partial charge in [0.25, 0.3) is 0 Å². The Morgan fingerprint density at radius 2 is 2.05 bits per heavy atom. The molecule has 0 fully saturated rings. The van der Waals surface area contributed by atoms with Crippen LogP contribution in [0.4, 0.5) is 11.4 Å². The van der Waals surface area contributed by atoms with Gasteiger partial charge in [-0.2, -0.15) is 0 Å². The lowest BCUT2D eigenvalue weighted by molar-refractivity contribution is -0.114. The molecule has 2 N–H and O–H groups in total. The van der Waals surface area contributed by atoms with E-state index in [9.17, 15) is 4.79 Å². The highest BCUT2D eigenvalue weighted by atomic mass is 79.9. The number of hydrogen-bond acceptors (Lipinski definition) is 3. The Morgan fingerprint density at radius 3 is 2.60 bits per heavy atom. The second kappa shape index (κ2) is 6.74. The highest BCUT2D eigenvalue weighted by Crippen LogP contribution is 2.32. The summed E-state index contributed by atoms with van der Waals surface area (Å²) in [5.41, 5.74) is 2.93. The van der Waals surface area contributed by atoms with Gasteiger partial charge >= 0.3 is 0 Å². The lowest BCUT2D eigenvalue weighted by Gasteiger charge is -2.10. The Bertz CT molecular complexity index is 621. The van der Waals surface area contributed by atoms with E-state index in [2.05, 4.69) is 48.6 Å². The average Bonchev–Trinajstić information content (AvgIpc) is 2.69. The molecular weight excluding hydrogens is 404 g/mol. The zero-order chi connectivity index (χ0) is 14.7. The molecule has 20 heavy (non-hydrogen) atoms. The van der Waals surface area contributed by atoms with E-state index in [1.54, 1.807) is 11.3 Å². The molecule has 0 radical (unpaired) electrons. The number of amides is 1. The van der Waals surface area contributed by atoms with Crippen LogP contribution in [-0.2, 0) is 11.3 Å². The molecule has 0 atom stereocenters. The highest BCUT2D eigenvalue weighted by Gasteiger charge is 2.05. The van der Waals surface area contributed by atoms with Crippen LogP contribution in [0.15, 0.2) is 32.5 Å². The van der Waals surface area contributed by atoms with Crippen LogP contribution in [0.2, 0.25) is 0 Å². The number of aryl methyl sites for hydroxylation is 1. The minimum absolute atomic E-state index is 0.0536. The summed E-state index contributed by atoms with van der Waals surface area (Å²) in [6, 6.07) is 8.01. The van der Waals surface area contributed by atoms with E-state index >= 15 is 0 Å². The minimum atomic E-state index is -0.0536. The predicted octanol–water partition coefficient (Wildman–Crippen LogP) is 5.15. The molecule has 2 rings (SSSR count). The third kappa shape index (κ3) is 4.07. The highest BCUT2D eigenvalue weighted by molar-refractivity contribution is 9.13. The van der Waals surface area contributed by atoms with E-state index in [1.807, 2.05) is 25.1 Å². The first-order valence-corrected chi connectivity index (χ1v) is 8.42. The number of rotatable bonds is 4. The monoisotopic (exact) mass is 416 g/mol. The van der Waals surface area contributed by atoms with Gasteiger partial charge in [-0.25, -0.2) is 0 Å². The predicted molar refractivity (Wildman–Crippen MR) is 92.5 cm³/mol. The van der Waals surface area contributed by atoms with Crippen LogP contribution >= 0.6 is 43.2 Å². The van der Waals surface area contributed by atoms with Crippen molar-refractivity contribution in [1.29, 1.82) is 0 Å². The number of anilines is 2. The van der Waals surface area contributed by atoms with Gasteiger partial charge in [0.2, 0.25) is 5.91 Å². The summed E-state index contributed by atoms with van der Waals surface area (Å²) in [5.74, 6) is -0.0536. The fourth-order valence-corrected chi connectivity index (χ4v) is 3.89. The molecule has 2 aromatic rings. The third-order valence-corrected chi connectivity index (χ3v) is 5.96. The molecular formula is C14H14Br2N2OS. The maximum Gasteiger partial charge on any atom is 0.221 e. The molecule has 3 nitrogen and oxygen atoms in total. The van der Waals surface area contributed by atoms with Crippen molar-refractivity contribution in [3.63, 3.8) is 0 Å². The summed E-state index contributed by atoms with van der Waals surface area (Å²) in [6.45, 7) is 4.26. The molecule has 1 aromatic carbocycles. The average molecular weight is 418 g/mol. The number of carbonyl (C=O) groups is 1. The molecule has 0 unspecified atom stereocenters. The number of benzene rings is 1. The molecule has 1 heterocycles. The van der Waals surface area contributed by atoms with Crippen molar-refractivity contribution in [2.75, 3.05) is 10.6 Å². The molecule has 0 aliphatic carbocycles. The first-order chi connectivity index (χ1) is 9.45. The number of hydrogen-bond donors (Lipinski definition) is 2. The van der Waals surface area contributed by atoms with Crippen molar-refractivity contribution >= 4 is 60.5 Å². The SMILES string of the molecule is CC(=O)Nc1ccc(NCc2cc(Br)c(Br)s2)cc1C. The van der Waals surface area contributed by atoms with E-state index in [0.29, 0.717) is 0 Å². The normalized spacial score (nSPS) is 10.4. The fourth-order valence-electron chi connectivity index (χ4n) is 1.77. The van der Waals surface area contributed by atoms with E-state index in [0.717, 1.165) is 31.7 Å². The smallest absolute Gasteiger partial charge is 0.221 e. The largest absolute Gasteiger partial charge is 0.380 e. The van der Waals surface area contributed by atoms with Crippen LogP contribution in [0, 0.1) is 6.92 Å². The maximum absolute atomic E-state index is 11.1. The van der Waals surface area contributed by atoms with Gasteiger partial charge in [-0.1, -0.05) is 0 Å². The van der Waals surface area contributed by atoms with Crippen LogP contribution in [0.25, 0.3) is 0 Å². The summed E-state index contributed by atoms with van der Waals surface area (Å²) in [4.78, 5) is 12.3. The Hall–Kier alpha value is -0.850. The van der Waals surface area contributed by atoms with Crippen LogP contribution in [0.1, 0.15) is 17.4 Å². The second-order valence-electron chi connectivity index (χ2n) is 4.40. The number of nitrogens with one attached hydrogen (secondary N) is 2. The first-order valence-electron chi connectivity index (χ1n) is 6.01. The summed E-state index contributed by atoms with van der Waals surface area (Å²) in [5, 5.41) is 6.19. The summed E-state index contributed by atoms with van der Waals surface area (Å²) in [7, 11) is 0. The zero-order valence-electron chi connectivity index (χ0n) is 11.1. The fraction of sp³-hybridized carbons (Fsp3) is 0.214. The van der Waals surface area contributed by atoms with Crippen LogP contribution in [0.3, 0.4) is 0 Å². The third-order valence-electron chi connectivity index (χ3n) is 2.70. The summed E-state index contributed by atoms with van der Waals surface area (Å²) < 4.78 is 2.18. The van der Waals surface area contributed by atoms with Gasteiger partial charge < -0.3 is 10.6 Å². The van der Waals surface area contributed by atoms with Crippen molar-refractivity contribution in [3.8, 4) is 0 Å². The van der Waals surface area contributed by atoms with Crippen molar-refractivity contribution in [2.24, 2.45) is 0 Å². The summed E-state index contributed by atoms with van der Waals surface area (Å²) in [6.07, 6.45) is 0. The number of thiophene rings is 1. The molecule has 0 spiro atoms. The topological polar surface area (TPSA) is 41.1 Å². The lowest BCUT2D eigenvalue weighted by atomic mass is 10.1. The Labute approximate surface area is 139 Å². The molecule has 1 amide bonds. The Kier molecular flexibility index (Phi) is 5.23. The molecule has 0 aliphatic rings. The molecule has 1 aromatic heterocycles. The van der Waals surface area contributed by atoms with Crippen molar-refractivity contribution < 1.29 is 4.79 Å². The van der Waals surface area contributed by atoms with Gasteiger partial charge in [0.05, 0.1) is 3.79 Å². The zero-order valence-corrected chi connectivity index (χ0v) is 15.1. The van der Waals surface area contributed by atoms with Crippen molar-refractivity contribution in [1.82, 2.24) is 0 Å². The summed E-state index contributed by atoms with van der Waals surface area (Å²) >= 11 is 8.67. The van der Waals surface area contributed by atoms with Crippen LogP contribution in [-0.4, -0.2) is 5.91 Å². The molecule has 0 saturated heterocycles. The van der Waals surface area contributed by atoms with E-state index < -0.39 is 0 Å². The van der Waals surface area contributed by atoms with Gasteiger partial charge in [0.1, 0.15) is 0 Å². The van der Waals surface area contributed by atoms with E-state index in [1.165, 1.54) is 11.8 Å². The molecule has 0 saturated carbocycles. The molecule has 106 valence electrons. The van der Waals surface area contributed by atoms with Gasteiger partial charge in [-0.3, -0.25) is 4.79 Å². The van der Waals surface area contributed by atoms with Gasteiger partial charge in [0.15, 0.2) is 0 Å². The van der Waals surface area contributed by atoms with Gasteiger partial charge in [-0.05, 0) is 68.6 Å². The molecule has 0 aliphatic heterocycles. The Morgan fingerprint density at radius 1 is 1.30 bits per heavy atom. The maximum atomic E-state index is 11.1. The number of carbonyl (C=O) groups excluding carboxylic acids is 1. The van der Waals surface area contributed by atoms with Crippen molar-refractivity contribution in [3.05, 3.63) is 43.0 Å². The van der Waals surface area contributed by atoms with Crippen molar-refractivity contribution in [2.45, 2.75) is 20.4 Å². The van der Waals surface area contributed by atoms with Gasteiger partial charge in [-0.15, -0.1) is 11.3 Å². The van der Waals surface area contributed by atoms with Crippen LogP contribution in [0.5, 0.6) is 0 Å². The number of halogens is 2. The van der Waals surface area contributed by atoms with Crippen LogP contribution < -0.4 is 10.6 Å². The van der Waals surface area contributed by atoms with Gasteiger partial charge in [0, 0.05) is 34.2 Å². The standard InChI is InChI=1S/C14H14Br2N2OS/c1-8-5-10(3-4-13(8)18-9(2)19)17-7-11-6-12(15)14(16)20-11/h3-6,17H,7H2,1-2H3,(H,18,19). The quantitative estimate of drug-likeness (QED) is 0.721. The second-order valence-corrected chi connectivity index (χ2v) is 7.71. The minimum Gasteiger partial charge on any atom is -0.380 e. The first kappa shape index (κ1) is 15.5. The lowest BCUT2D eigenvalue weighted by Crippen LogP contribution is -2.07. The molecule has 6 heteroatoms.